The van der Waals surface area contributed by atoms with E-state index in [0.29, 0.717) is 0 Å². The normalized spacial score (nSPS) is 11.5. The lowest BCUT2D eigenvalue weighted by Gasteiger charge is -2.19. The largest absolute Gasteiger partial charge is 0.0622 e. The van der Waals surface area contributed by atoms with Crippen LogP contribution < -0.4 is 0 Å². The molecule has 0 bridgehead atoms. The fourth-order valence-electron chi connectivity index (χ4n) is 7.29. The van der Waals surface area contributed by atoms with Gasteiger partial charge in [-0.2, -0.15) is 0 Å². The molecule has 0 saturated heterocycles. The molecule has 0 atom stereocenters. The Hall–Kier alpha value is -6.76. The molecule has 0 N–H and O–H groups in total. The summed E-state index contributed by atoms with van der Waals surface area (Å²) in [5.41, 5.74) is 14.9. The summed E-state index contributed by atoms with van der Waals surface area (Å²) in [7, 11) is 0. The Labute approximate surface area is 320 Å². The molecule has 0 aliphatic heterocycles. The molecule has 54 heavy (non-hydrogen) atoms. The van der Waals surface area contributed by atoms with Crippen molar-refractivity contribution < 1.29 is 0 Å². The maximum Gasteiger partial charge on any atom is 0.0339 e. The fraction of sp³-hybridized carbons (Fsp3) is 0.0370. The molecule has 8 aromatic rings. The summed E-state index contributed by atoms with van der Waals surface area (Å²) in [6.45, 7) is 0. The summed E-state index contributed by atoms with van der Waals surface area (Å²) in [4.78, 5) is 0. The zero-order valence-electron chi connectivity index (χ0n) is 30.2. The molecule has 0 heterocycles. The molecule has 0 unspecified atom stereocenters. The van der Waals surface area contributed by atoms with Crippen molar-refractivity contribution in [2.24, 2.45) is 0 Å². The second kappa shape index (κ2) is 16.7. The van der Waals surface area contributed by atoms with Gasteiger partial charge in [0.05, 0.1) is 0 Å². The van der Waals surface area contributed by atoms with Crippen LogP contribution in [0.2, 0.25) is 0 Å². The Kier molecular flexibility index (Phi) is 10.6. The summed E-state index contributed by atoms with van der Waals surface area (Å²) in [6, 6.07) is 78.5. The zero-order chi connectivity index (χ0) is 36.4. The topological polar surface area (TPSA) is 0 Å². The van der Waals surface area contributed by atoms with E-state index < -0.39 is 0 Å². The smallest absolute Gasteiger partial charge is 0.0339 e. The zero-order valence-corrected chi connectivity index (χ0v) is 30.2. The summed E-state index contributed by atoms with van der Waals surface area (Å²) in [5.74, 6) is 0.416. The van der Waals surface area contributed by atoms with Gasteiger partial charge in [-0.05, 0) is 66.8 Å². The van der Waals surface area contributed by atoms with Crippen molar-refractivity contribution in [2.75, 3.05) is 0 Å². The van der Waals surface area contributed by atoms with Gasteiger partial charge in [0.1, 0.15) is 0 Å². The van der Waals surface area contributed by atoms with Crippen LogP contribution in [-0.4, -0.2) is 0 Å². The van der Waals surface area contributed by atoms with Crippen LogP contribution in [0.4, 0.5) is 0 Å². The van der Waals surface area contributed by atoms with Crippen molar-refractivity contribution >= 4 is 24.3 Å². The van der Waals surface area contributed by atoms with Gasteiger partial charge >= 0.3 is 0 Å². The van der Waals surface area contributed by atoms with Crippen LogP contribution in [0.1, 0.15) is 67.5 Å². The fourth-order valence-corrected chi connectivity index (χ4v) is 7.29. The predicted octanol–water partition coefficient (Wildman–Crippen LogP) is 14.1. The predicted molar refractivity (Wildman–Crippen MR) is 230 cm³/mol. The van der Waals surface area contributed by atoms with Gasteiger partial charge in [-0.3, -0.25) is 0 Å². The first-order valence-corrected chi connectivity index (χ1v) is 18.7. The van der Waals surface area contributed by atoms with Gasteiger partial charge in [0.2, 0.25) is 0 Å². The van der Waals surface area contributed by atoms with E-state index in [0.717, 1.165) is 0 Å². The molecule has 0 nitrogen and oxygen atoms in total. The lowest BCUT2D eigenvalue weighted by atomic mass is 9.85. The van der Waals surface area contributed by atoms with Crippen LogP contribution >= 0.6 is 0 Å². The van der Waals surface area contributed by atoms with Crippen LogP contribution in [0.15, 0.2) is 218 Å². The molecule has 0 aromatic heterocycles. The van der Waals surface area contributed by atoms with Crippen molar-refractivity contribution in [2.45, 2.75) is 11.8 Å². The van der Waals surface area contributed by atoms with Crippen molar-refractivity contribution in [1.29, 1.82) is 0 Å². The Morgan fingerprint density at radius 1 is 0.204 bits per heavy atom. The average molecular weight is 691 g/mol. The quantitative estimate of drug-likeness (QED) is 0.0936. The first kappa shape index (κ1) is 34.3. The van der Waals surface area contributed by atoms with E-state index in [2.05, 4.69) is 243 Å². The Morgan fingerprint density at radius 2 is 0.407 bits per heavy atom. The highest BCUT2D eigenvalue weighted by molar-refractivity contribution is 5.74. The summed E-state index contributed by atoms with van der Waals surface area (Å²) in [6.07, 6.45) is 8.76. The monoisotopic (exact) mass is 690 g/mol. The third-order valence-corrected chi connectivity index (χ3v) is 10.2. The van der Waals surface area contributed by atoms with Crippen molar-refractivity contribution in [3.8, 4) is 11.1 Å². The minimum atomic E-state index is 0.208. The van der Waals surface area contributed by atoms with E-state index in [1.54, 1.807) is 0 Å². The molecular weight excluding hydrogens is 649 g/mol. The number of benzene rings is 8. The van der Waals surface area contributed by atoms with Crippen LogP contribution in [0.3, 0.4) is 0 Å². The third-order valence-electron chi connectivity index (χ3n) is 10.2. The maximum absolute atomic E-state index is 2.26. The highest BCUT2D eigenvalue weighted by Gasteiger charge is 2.17. The van der Waals surface area contributed by atoms with E-state index in [-0.39, 0.29) is 11.8 Å². The molecule has 0 aliphatic carbocycles. The van der Waals surface area contributed by atoms with Gasteiger partial charge in [-0.15, -0.1) is 0 Å². The van der Waals surface area contributed by atoms with Gasteiger partial charge in [0, 0.05) is 11.8 Å². The summed E-state index contributed by atoms with van der Waals surface area (Å²) in [5, 5.41) is 0. The van der Waals surface area contributed by atoms with Gasteiger partial charge in [-0.1, -0.05) is 243 Å². The molecule has 0 amide bonds. The van der Waals surface area contributed by atoms with Crippen molar-refractivity contribution in [3.63, 3.8) is 0 Å². The SMILES string of the molecule is C(=C\c1ccc(C(c2ccccc2)c2ccccc2)cc1)/c1ccc(-c2ccc(/C=C/c3ccc(C(c4ccccc4)c4ccccc4)cc3)cc2)cc1. The van der Waals surface area contributed by atoms with Gasteiger partial charge in [0.25, 0.3) is 0 Å². The molecule has 0 spiro atoms. The third kappa shape index (κ3) is 8.31. The van der Waals surface area contributed by atoms with E-state index >= 15 is 0 Å². The Morgan fingerprint density at radius 3 is 0.648 bits per heavy atom. The first-order valence-electron chi connectivity index (χ1n) is 18.7. The first-order chi connectivity index (χ1) is 26.8. The maximum atomic E-state index is 2.26. The van der Waals surface area contributed by atoms with E-state index in [9.17, 15) is 0 Å². The lowest BCUT2D eigenvalue weighted by Crippen LogP contribution is -2.03. The lowest BCUT2D eigenvalue weighted by molar-refractivity contribution is 0.977. The second-order valence-corrected chi connectivity index (χ2v) is 13.8. The Balaban J connectivity index is 0.904. The number of hydrogen-bond donors (Lipinski definition) is 0. The number of rotatable bonds is 11. The minimum Gasteiger partial charge on any atom is -0.0622 e. The molecule has 258 valence electrons. The molecule has 0 fully saturated rings. The number of hydrogen-bond acceptors (Lipinski definition) is 0. The summed E-state index contributed by atoms with van der Waals surface area (Å²) < 4.78 is 0. The second-order valence-electron chi connectivity index (χ2n) is 13.8. The summed E-state index contributed by atoms with van der Waals surface area (Å²) >= 11 is 0. The van der Waals surface area contributed by atoms with Gasteiger partial charge in [-0.25, -0.2) is 0 Å². The standard InChI is InChI=1S/C54H42/c1-5-13-47(14-6-1)53(48-15-7-2-8-16-48)51-37-29-43(30-38-51)23-21-41-25-33-45(34-26-41)46-35-27-42(28-36-46)22-24-44-31-39-52(40-32-44)54(49-17-9-3-10-18-49)50-19-11-4-12-20-50/h1-40,53-54H/b23-21+,24-22+. The molecule has 0 saturated carbocycles. The van der Waals surface area contributed by atoms with Crippen LogP contribution in [0, 0.1) is 0 Å². The molecule has 0 aliphatic rings. The highest BCUT2D eigenvalue weighted by Crippen LogP contribution is 2.33. The molecule has 8 rings (SSSR count). The molecular formula is C54H42. The van der Waals surface area contributed by atoms with Crippen LogP contribution in [-0.2, 0) is 0 Å². The Bertz CT molecular complexity index is 2150. The minimum absolute atomic E-state index is 0.208. The van der Waals surface area contributed by atoms with Gasteiger partial charge < -0.3 is 0 Å². The highest BCUT2D eigenvalue weighted by atomic mass is 14.2. The van der Waals surface area contributed by atoms with Crippen molar-refractivity contribution in [3.05, 3.63) is 274 Å². The van der Waals surface area contributed by atoms with E-state index in [1.165, 1.54) is 66.8 Å². The average Bonchev–Trinajstić information content (AvgIpc) is 3.25. The van der Waals surface area contributed by atoms with Crippen LogP contribution in [0.25, 0.3) is 35.4 Å². The van der Waals surface area contributed by atoms with Gasteiger partial charge in [0.15, 0.2) is 0 Å². The van der Waals surface area contributed by atoms with E-state index in [1.807, 2.05) is 0 Å². The van der Waals surface area contributed by atoms with E-state index in [4.69, 9.17) is 0 Å². The molecule has 0 heteroatoms. The molecule has 0 radical (unpaired) electrons. The molecule has 8 aromatic carbocycles. The van der Waals surface area contributed by atoms with Crippen LogP contribution in [0.5, 0.6) is 0 Å². The van der Waals surface area contributed by atoms with Crippen molar-refractivity contribution in [1.82, 2.24) is 0 Å².